The van der Waals surface area contributed by atoms with E-state index >= 15 is 0 Å². The van der Waals surface area contributed by atoms with E-state index in [9.17, 15) is 9.90 Å². The van der Waals surface area contributed by atoms with Crippen LogP contribution in [0, 0.1) is 0 Å². The molecular formula is C19H21NO3. The number of methoxy groups -OCH3 is 1. The summed E-state index contributed by atoms with van der Waals surface area (Å²) in [6, 6.07) is 15.0. The minimum absolute atomic E-state index is 0.0871. The fourth-order valence-electron chi connectivity index (χ4n) is 3.07. The first kappa shape index (κ1) is 15.6. The summed E-state index contributed by atoms with van der Waals surface area (Å²) in [6.07, 6.45) is 0.0114. The molecule has 2 aromatic rings. The fourth-order valence-corrected chi connectivity index (χ4v) is 3.07. The summed E-state index contributed by atoms with van der Waals surface area (Å²) in [6.45, 7) is 1.87. The lowest BCUT2D eigenvalue weighted by Gasteiger charge is -2.21. The van der Waals surface area contributed by atoms with Crippen molar-refractivity contribution in [3.63, 3.8) is 0 Å². The van der Waals surface area contributed by atoms with E-state index in [0.29, 0.717) is 6.42 Å². The van der Waals surface area contributed by atoms with Crippen LogP contribution in [0.1, 0.15) is 35.6 Å². The molecule has 2 N–H and O–H groups in total. The molecule has 0 aromatic heterocycles. The van der Waals surface area contributed by atoms with Gasteiger partial charge in [-0.05, 0) is 35.7 Å². The number of rotatable bonds is 4. The van der Waals surface area contributed by atoms with Gasteiger partial charge in [0.25, 0.3) is 0 Å². The first-order valence-corrected chi connectivity index (χ1v) is 7.80. The van der Waals surface area contributed by atoms with Crippen LogP contribution in [0.4, 0.5) is 0 Å². The lowest BCUT2D eigenvalue weighted by molar-refractivity contribution is -0.123. The van der Waals surface area contributed by atoms with Gasteiger partial charge < -0.3 is 15.2 Å². The average molecular weight is 311 g/mol. The molecule has 1 aliphatic carbocycles. The van der Waals surface area contributed by atoms with Crippen LogP contribution < -0.4 is 10.1 Å². The smallest absolute Gasteiger partial charge is 0.227 e. The zero-order valence-electron chi connectivity index (χ0n) is 13.3. The molecule has 0 spiro atoms. The highest BCUT2D eigenvalue weighted by molar-refractivity contribution is 5.83. The molecule has 1 amide bonds. The van der Waals surface area contributed by atoms with E-state index in [-0.39, 0.29) is 17.9 Å². The number of nitrogens with one attached hydrogen (secondary N) is 1. The monoisotopic (exact) mass is 311 g/mol. The van der Waals surface area contributed by atoms with Crippen molar-refractivity contribution in [2.75, 3.05) is 7.11 Å². The number of amides is 1. The summed E-state index contributed by atoms with van der Waals surface area (Å²) in [5, 5.41) is 13.2. The molecule has 2 aromatic carbocycles. The SMILES string of the molecule is COc1ccc(C(C)C(=O)NC2c3ccccc3CC2O)cc1. The molecule has 120 valence electrons. The van der Waals surface area contributed by atoms with E-state index in [4.69, 9.17) is 4.74 Å². The van der Waals surface area contributed by atoms with Gasteiger partial charge in [0.1, 0.15) is 5.75 Å². The van der Waals surface area contributed by atoms with Gasteiger partial charge in [-0.25, -0.2) is 0 Å². The summed E-state index contributed by atoms with van der Waals surface area (Å²) in [5.41, 5.74) is 3.03. The second kappa shape index (κ2) is 6.42. The van der Waals surface area contributed by atoms with Crippen LogP contribution in [-0.2, 0) is 11.2 Å². The molecule has 0 fully saturated rings. The van der Waals surface area contributed by atoms with Crippen LogP contribution in [0.5, 0.6) is 5.75 Å². The molecule has 3 unspecified atom stereocenters. The Balaban J connectivity index is 1.73. The quantitative estimate of drug-likeness (QED) is 0.912. The minimum atomic E-state index is -0.570. The van der Waals surface area contributed by atoms with Crippen LogP contribution in [0.3, 0.4) is 0 Å². The molecule has 0 radical (unpaired) electrons. The normalized spacial score (nSPS) is 20.7. The Hall–Kier alpha value is -2.33. The summed E-state index contributed by atoms with van der Waals surface area (Å²) in [7, 11) is 1.62. The van der Waals surface area contributed by atoms with Gasteiger partial charge in [-0.1, -0.05) is 36.4 Å². The highest BCUT2D eigenvalue weighted by Crippen LogP contribution is 2.32. The lowest BCUT2D eigenvalue weighted by Crippen LogP contribution is -2.36. The maximum Gasteiger partial charge on any atom is 0.227 e. The van der Waals surface area contributed by atoms with Crippen LogP contribution in [0.25, 0.3) is 0 Å². The van der Waals surface area contributed by atoms with Gasteiger partial charge in [-0.15, -0.1) is 0 Å². The summed E-state index contributed by atoms with van der Waals surface area (Å²) < 4.78 is 5.14. The Morgan fingerprint density at radius 1 is 1.22 bits per heavy atom. The van der Waals surface area contributed by atoms with Crippen molar-refractivity contribution in [2.24, 2.45) is 0 Å². The summed E-state index contributed by atoms with van der Waals surface area (Å²) in [4.78, 5) is 12.6. The molecular weight excluding hydrogens is 290 g/mol. The molecule has 1 aliphatic rings. The Labute approximate surface area is 136 Å². The minimum Gasteiger partial charge on any atom is -0.497 e. The van der Waals surface area contributed by atoms with Crippen LogP contribution in [0.15, 0.2) is 48.5 Å². The van der Waals surface area contributed by atoms with E-state index in [1.165, 1.54) is 0 Å². The molecule has 23 heavy (non-hydrogen) atoms. The maximum absolute atomic E-state index is 12.6. The van der Waals surface area contributed by atoms with Crippen molar-refractivity contribution >= 4 is 5.91 Å². The average Bonchev–Trinajstić information content (AvgIpc) is 2.90. The molecule has 4 heteroatoms. The predicted molar refractivity (Wildman–Crippen MR) is 88.4 cm³/mol. The summed E-state index contributed by atoms with van der Waals surface area (Å²) in [5.74, 6) is 0.387. The molecule has 0 saturated carbocycles. The first-order valence-electron chi connectivity index (χ1n) is 7.80. The summed E-state index contributed by atoms with van der Waals surface area (Å²) >= 11 is 0. The van der Waals surface area contributed by atoms with Crippen molar-refractivity contribution < 1.29 is 14.6 Å². The number of aliphatic hydroxyl groups excluding tert-OH is 1. The van der Waals surface area contributed by atoms with Crippen LogP contribution in [-0.4, -0.2) is 24.2 Å². The predicted octanol–water partition coefficient (Wildman–Crippen LogP) is 2.57. The highest BCUT2D eigenvalue weighted by Gasteiger charge is 2.32. The molecule has 0 aliphatic heterocycles. The Bertz CT molecular complexity index is 696. The van der Waals surface area contributed by atoms with Gasteiger partial charge in [0.05, 0.1) is 25.2 Å². The van der Waals surface area contributed by atoms with Crippen molar-refractivity contribution in [3.05, 3.63) is 65.2 Å². The third-order valence-electron chi connectivity index (χ3n) is 4.51. The van der Waals surface area contributed by atoms with Gasteiger partial charge in [0.2, 0.25) is 5.91 Å². The second-order valence-corrected chi connectivity index (χ2v) is 5.95. The van der Waals surface area contributed by atoms with Crippen molar-refractivity contribution in [2.45, 2.75) is 31.4 Å². The van der Waals surface area contributed by atoms with E-state index in [2.05, 4.69) is 5.32 Å². The highest BCUT2D eigenvalue weighted by atomic mass is 16.5. The topological polar surface area (TPSA) is 58.6 Å². The number of carbonyl (C=O) groups is 1. The van der Waals surface area contributed by atoms with Crippen molar-refractivity contribution in [1.29, 1.82) is 0 Å². The van der Waals surface area contributed by atoms with Gasteiger partial charge >= 0.3 is 0 Å². The molecule has 0 heterocycles. The fraction of sp³-hybridized carbons (Fsp3) is 0.316. The Kier molecular flexibility index (Phi) is 4.35. The number of benzene rings is 2. The molecule has 3 rings (SSSR count). The van der Waals surface area contributed by atoms with Gasteiger partial charge in [-0.2, -0.15) is 0 Å². The van der Waals surface area contributed by atoms with Crippen LogP contribution in [0.2, 0.25) is 0 Å². The third kappa shape index (κ3) is 3.08. The van der Waals surface area contributed by atoms with E-state index in [0.717, 1.165) is 22.4 Å². The van der Waals surface area contributed by atoms with Crippen LogP contribution >= 0.6 is 0 Å². The Morgan fingerprint density at radius 2 is 1.91 bits per heavy atom. The van der Waals surface area contributed by atoms with Crippen molar-refractivity contribution in [1.82, 2.24) is 5.32 Å². The maximum atomic E-state index is 12.6. The van der Waals surface area contributed by atoms with Gasteiger partial charge in [0.15, 0.2) is 0 Å². The van der Waals surface area contributed by atoms with E-state index < -0.39 is 6.10 Å². The van der Waals surface area contributed by atoms with E-state index in [1.807, 2.05) is 55.5 Å². The number of aliphatic hydroxyl groups is 1. The first-order chi connectivity index (χ1) is 11.1. The number of hydrogen-bond acceptors (Lipinski definition) is 3. The number of hydrogen-bond donors (Lipinski definition) is 2. The molecule has 4 nitrogen and oxygen atoms in total. The number of ether oxygens (including phenoxy) is 1. The molecule has 3 atom stereocenters. The van der Waals surface area contributed by atoms with Gasteiger partial charge in [-0.3, -0.25) is 4.79 Å². The Morgan fingerprint density at radius 3 is 2.61 bits per heavy atom. The molecule has 0 saturated heterocycles. The second-order valence-electron chi connectivity index (χ2n) is 5.95. The third-order valence-corrected chi connectivity index (χ3v) is 4.51. The number of carbonyl (C=O) groups excluding carboxylic acids is 1. The van der Waals surface area contributed by atoms with Crippen molar-refractivity contribution in [3.8, 4) is 5.75 Å². The van der Waals surface area contributed by atoms with E-state index in [1.54, 1.807) is 7.11 Å². The standard InChI is InChI=1S/C19H21NO3/c1-12(13-7-9-15(23-2)10-8-13)19(22)20-18-16-6-4-3-5-14(16)11-17(18)21/h3-10,12,17-18,21H,11H2,1-2H3,(H,20,22). The lowest BCUT2D eigenvalue weighted by atomic mass is 9.99. The molecule has 0 bridgehead atoms. The number of fused-ring (bicyclic) bond motifs is 1. The van der Waals surface area contributed by atoms with Gasteiger partial charge in [0, 0.05) is 6.42 Å². The zero-order chi connectivity index (χ0) is 16.4. The zero-order valence-corrected chi connectivity index (χ0v) is 13.3. The largest absolute Gasteiger partial charge is 0.497 e.